The van der Waals surface area contributed by atoms with Crippen LogP contribution in [0.2, 0.25) is 0 Å². The number of carbonyl (C=O) groups excluding carboxylic acids is 2. The molecule has 0 aliphatic carbocycles. The lowest BCUT2D eigenvalue weighted by atomic mass is 9.93. The van der Waals surface area contributed by atoms with E-state index in [1.54, 1.807) is 0 Å². The van der Waals surface area contributed by atoms with E-state index in [-0.39, 0.29) is 6.42 Å². The molecule has 5 heteroatoms. The molecule has 0 aromatic rings. The van der Waals surface area contributed by atoms with Crippen molar-refractivity contribution in [2.45, 2.75) is 52.7 Å². The number of aliphatic hydroxyl groups is 2. The van der Waals surface area contributed by atoms with Gasteiger partial charge in [-0.05, 0) is 6.92 Å². The fraction of sp³-hybridized carbons (Fsp3) is 0.800. The van der Waals surface area contributed by atoms with Gasteiger partial charge in [0, 0.05) is 6.42 Å². The summed E-state index contributed by atoms with van der Waals surface area (Å²) in [7, 11) is 0. The van der Waals surface area contributed by atoms with Crippen LogP contribution in [0.4, 0.5) is 0 Å². The van der Waals surface area contributed by atoms with Gasteiger partial charge in [0.05, 0.1) is 0 Å². The minimum Gasteiger partial charge on any atom is -0.383 e. The van der Waals surface area contributed by atoms with Crippen molar-refractivity contribution in [2.24, 2.45) is 0 Å². The van der Waals surface area contributed by atoms with Crippen molar-refractivity contribution in [1.82, 2.24) is 5.32 Å². The predicted molar refractivity (Wildman–Crippen MR) is 57.1 cm³/mol. The second-order valence-electron chi connectivity index (χ2n) is 2.81. The molecule has 15 heavy (non-hydrogen) atoms. The molecule has 0 aromatic carbocycles. The maximum atomic E-state index is 10.8. The molecule has 1 aliphatic heterocycles. The quantitative estimate of drug-likeness (QED) is 0.508. The van der Waals surface area contributed by atoms with Crippen LogP contribution in [0.15, 0.2) is 0 Å². The van der Waals surface area contributed by atoms with Crippen molar-refractivity contribution in [3.63, 3.8) is 0 Å². The van der Waals surface area contributed by atoms with Crippen molar-refractivity contribution in [2.75, 3.05) is 0 Å². The Hall–Kier alpha value is -0.940. The van der Waals surface area contributed by atoms with Crippen LogP contribution in [-0.2, 0) is 9.59 Å². The number of hydrogen-bond acceptors (Lipinski definition) is 4. The van der Waals surface area contributed by atoms with Gasteiger partial charge in [-0.25, -0.2) is 0 Å². The highest BCUT2D eigenvalue weighted by Gasteiger charge is 2.41. The number of amides is 2. The average molecular weight is 219 g/mol. The predicted octanol–water partition coefficient (Wildman–Crippen LogP) is 0.197. The van der Waals surface area contributed by atoms with E-state index < -0.39 is 23.5 Å². The number of imide groups is 1. The molecule has 3 N–H and O–H groups in total. The van der Waals surface area contributed by atoms with Crippen LogP contribution in [0, 0.1) is 0 Å². The highest BCUT2D eigenvalue weighted by atomic mass is 16.3. The first-order valence-electron chi connectivity index (χ1n) is 5.19. The van der Waals surface area contributed by atoms with Crippen molar-refractivity contribution in [1.29, 1.82) is 0 Å². The molecule has 0 saturated carbocycles. The highest BCUT2D eigenvalue weighted by molar-refractivity contribution is 6.03. The molecule has 0 spiro atoms. The molecule has 2 amide bonds. The van der Waals surface area contributed by atoms with E-state index in [9.17, 15) is 14.7 Å². The van der Waals surface area contributed by atoms with E-state index in [0.29, 0.717) is 0 Å². The first-order chi connectivity index (χ1) is 6.93. The molecule has 1 heterocycles. The van der Waals surface area contributed by atoms with E-state index in [4.69, 9.17) is 5.11 Å². The molecule has 2 unspecified atom stereocenters. The summed E-state index contributed by atoms with van der Waals surface area (Å²) in [5, 5.41) is 20.0. The summed E-state index contributed by atoms with van der Waals surface area (Å²) < 4.78 is 0. The summed E-state index contributed by atoms with van der Waals surface area (Å²) in [6.07, 6.45) is -1.53. The third-order valence-corrected chi connectivity index (χ3v) is 1.62. The van der Waals surface area contributed by atoms with Crippen LogP contribution < -0.4 is 5.32 Å². The summed E-state index contributed by atoms with van der Waals surface area (Å²) in [5.41, 5.74) is -1.63. The Kier molecular flexibility index (Phi) is 8.10. The minimum absolute atomic E-state index is 0.238. The van der Waals surface area contributed by atoms with Crippen LogP contribution in [0.25, 0.3) is 0 Å². The van der Waals surface area contributed by atoms with E-state index >= 15 is 0 Å². The van der Waals surface area contributed by atoms with Gasteiger partial charge in [-0.15, -0.1) is 0 Å². The summed E-state index contributed by atoms with van der Waals surface area (Å²) in [6, 6.07) is 0. The monoisotopic (exact) mass is 219 g/mol. The van der Waals surface area contributed by atoms with E-state index in [2.05, 4.69) is 0 Å². The van der Waals surface area contributed by atoms with Gasteiger partial charge < -0.3 is 10.2 Å². The van der Waals surface area contributed by atoms with Crippen molar-refractivity contribution >= 4 is 11.8 Å². The van der Waals surface area contributed by atoms with Gasteiger partial charge >= 0.3 is 0 Å². The van der Waals surface area contributed by atoms with Gasteiger partial charge in [0.15, 0.2) is 0 Å². The SMILES string of the molecule is CC.CC.CC1(O)CC(O)C(=O)NC1=O. The Bertz CT molecular complexity index is 213. The van der Waals surface area contributed by atoms with Crippen molar-refractivity contribution in [3.8, 4) is 0 Å². The smallest absolute Gasteiger partial charge is 0.258 e. The molecule has 0 radical (unpaired) electrons. The second kappa shape index (κ2) is 7.36. The number of piperidine rings is 1. The van der Waals surface area contributed by atoms with Crippen LogP contribution in [-0.4, -0.2) is 33.7 Å². The molecule has 0 aromatic heterocycles. The number of rotatable bonds is 0. The molecule has 1 fully saturated rings. The number of carbonyl (C=O) groups is 2. The average Bonchev–Trinajstić information content (AvgIpc) is 2.21. The van der Waals surface area contributed by atoms with Gasteiger partial charge in [-0.2, -0.15) is 0 Å². The van der Waals surface area contributed by atoms with Crippen LogP contribution in [0.5, 0.6) is 0 Å². The van der Waals surface area contributed by atoms with Crippen LogP contribution in [0.3, 0.4) is 0 Å². The molecule has 1 saturated heterocycles. The van der Waals surface area contributed by atoms with E-state index in [1.165, 1.54) is 6.92 Å². The number of aliphatic hydroxyl groups excluding tert-OH is 1. The van der Waals surface area contributed by atoms with Crippen LogP contribution >= 0.6 is 0 Å². The van der Waals surface area contributed by atoms with Crippen molar-refractivity contribution < 1.29 is 19.8 Å². The standard InChI is InChI=1S/C6H9NO4.2C2H6/c1-6(11)2-3(8)4(9)7-5(6)10;2*1-2/h3,8,11H,2H2,1H3,(H,7,9,10);2*1-2H3. The minimum atomic E-state index is -1.63. The molecular weight excluding hydrogens is 198 g/mol. The highest BCUT2D eigenvalue weighted by Crippen LogP contribution is 2.16. The molecule has 5 nitrogen and oxygen atoms in total. The lowest BCUT2D eigenvalue weighted by Gasteiger charge is -2.28. The third-order valence-electron chi connectivity index (χ3n) is 1.62. The molecule has 1 rings (SSSR count). The summed E-state index contributed by atoms with van der Waals surface area (Å²) in [4.78, 5) is 21.4. The zero-order valence-corrected chi connectivity index (χ0v) is 10.00. The van der Waals surface area contributed by atoms with Gasteiger partial charge in [0.25, 0.3) is 11.8 Å². The molecular formula is C10H21NO4. The lowest BCUT2D eigenvalue weighted by Crippen LogP contribution is -2.57. The third kappa shape index (κ3) is 4.90. The topological polar surface area (TPSA) is 86.6 Å². The fourth-order valence-corrected chi connectivity index (χ4v) is 0.892. The number of hydrogen-bond donors (Lipinski definition) is 3. The Labute approximate surface area is 90.5 Å². The zero-order chi connectivity index (χ0) is 12.6. The number of nitrogens with one attached hydrogen (secondary N) is 1. The first kappa shape index (κ1) is 16.5. The Morgan fingerprint density at radius 3 is 2.00 bits per heavy atom. The molecule has 2 atom stereocenters. The second-order valence-corrected chi connectivity index (χ2v) is 2.81. The van der Waals surface area contributed by atoms with Gasteiger partial charge in [0.2, 0.25) is 0 Å². The van der Waals surface area contributed by atoms with Crippen molar-refractivity contribution in [3.05, 3.63) is 0 Å². The maximum absolute atomic E-state index is 10.8. The lowest BCUT2D eigenvalue weighted by molar-refractivity contribution is -0.156. The summed E-state index contributed by atoms with van der Waals surface area (Å²) in [5.74, 6) is -1.51. The molecule has 1 aliphatic rings. The maximum Gasteiger partial charge on any atom is 0.258 e. The Morgan fingerprint density at radius 1 is 1.27 bits per heavy atom. The van der Waals surface area contributed by atoms with Gasteiger partial charge in [-0.1, -0.05) is 27.7 Å². The van der Waals surface area contributed by atoms with Gasteiger partial charge in [0.1, 0.15) is 11.7 Å². The molecule has 90 valence electrons. The van der Waals surface area contributed by atoms with E-state index in [0.717, 1.165) is 0 Å². The van der Waals surface area contributed by atoms with E-state index in [1.807, 2.05) is 33.0 Å². The largest absolute Gasteiger partial charge is 0.383 e. The molecule has 0 bridgehead atoms. The summed E-state index contributed by atoms with van der Waals surface area (Å²) >= 11 is 0. The van der Waals surface area contributed by atoms with Gasteiger partial charge in [-0.3, -0.25) is 14.9 Å². The Morgan fingerprint density at radius 2 is 1.67 bits per heavy atom. The first-order valence-corrected chi connectivity index (χ1v) is 5.19. The van der Waals surface area contributed by atoms with Crippen LogP contribution in [0.1, 0.15) is 41.0 Å². The zero-order valence-electron chi connectivity index (χ0n) is 10.00. The normalized spacial score (nSPS) is 29.1. The summed E-state index contributed by atoms with van der Waals surface area (Å²) in [6.45, 7) is 9.25. The Balaban J connectivity index is 0. The fourth-order valence-electron chi connectivity index (χ4n) is 0.892.